The Labute approximate surface area is 169 Å². The highest BCUT2D eigenvalue weighted by Gasteiger charge is 2.51. The van der Waals surface area contributed by atoms with Crippen molar-refractivity contribution in [2.24, 2.45) is 5.73 Å². The number of urea groups is 1. The van der Waals surface area contributed by atoms with Gasteiger partial charge in [-0.15, -0.1) is 13.2 Å². The van der Waals surface area contributed by atoms with Gasteiger partial charge in [-0.05, 0) is 55.8 Å². The number of nitrogens with two attached hydrogens (primary N) is 1. The number of primary amides is 1. The molecule has 1 fully saturated rings. The number of anilines is 1. The summed E-state index contributed by atoms with van der Waals surface area (Å²) < 4.78 is 40.8. The van der Waals surface area contributed by atoms with Crippen molar-refractivity contribution in [3.05, 3.63) is 53.9 Å². The summed E-state index contributed by atoms with van der Waals surface area (Å²) >= 11 is 0. The molecule has 0 aliphatic carbocycles. The van der Waals surface area contributed by atoms with E-state index in [1.54, 1.807) is 19.9 Å². The minimum Gasteiger partial charge on any atom is -0.406 e. The Morgan fingerprint density at radius 3 is 2.37 bits per heavy atom. The molecule has 3 rings (SSSR count). The molecule has 2 heterocycles. The standard InChI is InChI=1S/C19H17F3N4O4/c1-18(2)16(28)26(12-3-5-13(6-4-12)30-19(20,21)22)17(29)25(18)10-11-7-8-24-14(9-11)15(23)27/h3-9H,10H2,1-2H3,(H2,23,27). The smallest absolute Gasteiger partial charge is 0.406 e. The van der Waals surface area contributed by atoms with Gasteiger partial charge >= 0.3 is 12.4 Å². The van der Waals surface area contributed by atoms with Crippen LogP contribution in [0.5, 0.6) is 5.75 Å². The van der Waals surface area contributed by atoms with Gasteiger partial charge < -0.3 is 15.4 Å². The van der Waals surface area contributed by atoms with Crippen molar-refractivity contribution in [2.75, 3.05) is 4.90 Å². The summed E-state index contributed by atoms with van der Waals surface area (Å²) in [6.45, 7) is 3.08. The van der Waals surface area contributed by atoms with Crippen LogP contribution in [0.3, 0.4) is 0 Å². The molecule has 1 aromatic heterocycles. The number of carbonyl (C=O) groups excluding carboxylic acids is 3. The molecule has 4 amide bonds. The molecule has 1 aliphatic rings. The van der Waals surface area contributed by atoms with Crippen molar-refractivity contribution in [2.45, 2.75) is 32.3 Å². The zero-order chi connectivity index (χ0) is 22.3. The molecule has 1 aromatic carbocycles. The number of aromatic nitrogens is 1. The second-order valence-corrected chi connectivity index (χ2v) is 7.02. The summed E-state index contributed by atoms with van der Waals surface area (Å²) in [6, 6.07) is 6.74. The Bertz CT molecular complexity index is 1010. The van der Waals surface area contributed by atoms with Crippen molar-refractivity contribution in [1.29, 1.82) is 0 Å². The van der Waals surface area contributed by atoms with Gasteiger partial charge in [0.05, 0.1) is 5.69 Å². The van der Waals surface area contributed by atoms with Crippen molar-refractivity contribution < 1.29 is 32.3 Å². The van der Waals surface area contributed by atoms with Crippen LogP contribution >= 0.6 is 0 Å². The zero-order valence-electron chi connectivity index (χ0n) is 15.9. The largest absolute Gasteiger partial charge is 0.573 e. The normalized spacial score (nSPS) is 16.2. The van der Waals surface area contributed by atoms with E-state index in [0.717, 1.165) is 17.0 Å². The Hall–Kier alpha value is -3.63. The van der Waals surface area contributed by atoms with Gasteiger partial charge in [-0.2, -0.15) is 0 Å². The van der Waals surface area contributed by atoms with Crippen molar-refractivity contribution >= 4 is 23.5 Å². The van der Waals surface area contributed by atoms with Crippen molar-refractivity contribution in [3.8, 4) is 5.75 Å². The van der Waals surface area contributed by atoms with E-state index in [0.29, 0.717) is 5.56 Å². The molecule has 8 nitrogen and oxygen atoms in total. The molecule has 158 valence electrons. The Balaban J connectivity index is 1.87. The zero-order valence-corrected chi connectivity index (χ0v) is 15.9. The van der Waals surface area contributed by atoms with E-state index in [1.807, 2.05) is 0 Å². The van der Waals surface area contributed by atoms with Gasteiger partial charge in [0.1, 0.15) is 17.0 Å². The van der Waals surface area contributed by atoms with Crippen LogP contribution in [0.4, 0.5) is 23.7 Å². The molecular formula is C19H17F3N4O4. The number of hydrogen-bond acceptors (Lipinski definition) is 5. The van der Waals surface area contributed by atoms with E-state index in [4.69, 9.17) is 5.73 Å². The lowest BCUT2D eigenvalue weighted by atomic mass is 10.0. The first kappa shape index (κ1) is 21.1. The van der Waals surface area contributed by atoms with E-state index >= 15 is 0 Å². The third-order valence-corrected chi connectivity index (χ3v) is 4.57. The Morgan fingerprint density at radius 1 is 1.17 bits per heavy atom. The van der Waals surface area contributed by atoms with Crippen LogP contribution < -0.4 is 15.4 Å². The molecule has 0 spiro atoms. The van der Waals surface area contributed by atoms with Gasteiger partial charge in [0.15, 0.2) is 0 Å². The number of alkyl halides is 3. The molecule has 11 heteroatoms. The van der Waals surface area contributed by atoms with Crippen LogP contribution in [0.15, 0.2) is 42.6 Å². The molecule has 2 N–H and O–H groups in total. The van der Waals surface area contributed by atoms with Gasteiger partial charge in [-0.25, -0.2) is 9.69 Å². The van der Waals surface area contributed by atoms with Gasteiger partial charge in [0, 0.05) is 12.7 Å². The number of nitrogens with zero attached hydrogens (tertiary/aromatic N) is 3. The summed E-state index contributed by atoms with van der Waals surface area (Å²) in [5.41, 5.74) is 4.62. The predicted molar refractivity (Wildman–Crippen MR) is 98.4 cm³/mol. The van der Waals surface area contributed by atoms with Gasteiger partial charge in [0.2, 0.25) is 0 Å². The quantitative estimate of drug-likeness (QED) is 0.746. The maximum Gasteiger partial charge on any atom is 0.573 e. The summed E-state index contributed by atoms with van der Waals surface area (Å²) in [6.07, 6.45) is -3.49. The van der Waals surface area contributed by atoms with Gasteiger partial charge in [0.25, 0.3) is 11.8 Å². The number of amides is 4. The lowest BCUT2D eigenvalue weighted by Gasteiger charge is -2.27. The maximum atomic E-state index is 13.0. The summed E-state index contributed by atoms with van der Waals surface area (Å²) in [5, 5.41) is 0. The molecule has 0 bridgehead atoms. The fourth-order valence-electron chi connectivity index (χ4n) is 3.02. The van der Waals surface area contributed by atoms with Crippen LogP contribution in [0.1, 0.15) is 29.9 Å². The SMILES string of the molecule is CC1(C)C(=O)N(c2ccc(OC(F)(F)F)cc2)C(=O)N1Cc1ccnc(C(N)=O)c1. The third-order valence-electron chi connectivity index (χ3n) is 4.57. The summed E-state index contributed by atoms with van der Waals surface area (Å²) in [5.74, 6) is -1.76. The average molecular weight is 422 g/mol. The molecule has 0 atom stereocenters. The predicted octanol–water partition coefficient (Wildman–Crippen LogP) is 2.83. The minimum atomic E-state index is -4.85. The van der Waals surface area contributed by atoms with E-state index < -0.39 is 35.5 Å². The van der Waals surface area contributed by atoms with E-state index in [9.17, 15) is 27.6 Å². The third kappa shape index (κ3) is 4.04. The number of imide groups is 1. The average Bonchev–Trinajstić information content (AvgIpc) is 2.81. The van der Waals surface area contributed by atoms with E-state index in [1.165, 1.54) is 29.3 Å². The number of hydrogen-bond donors (Lipinski definition) is 1. The van der Waals surface area contributed by atoms with Crippen LogP contribution in [0, 0.1) is 0 Å². The number of pyridine rings is 1. The molecule has 0 unspecified atom stereocenters. The first-order valence-corrected chi connectivity index (χ1v) is 8.67. The molecular weight excluding hydrogens is 405 g/mol. The molecule has 0 radical (unpaired) electrons. The van der Waals surface area contributed by atoms with E-state index in [2.05, 4.69) is 9.72 Å². The first-order valence-electron chi connectivity index (χ1n) is 8.67. The summed E-state index contributed by atoms with van der Waals surface area (Å²) in [4.78, 5) is 43.2. The van der Waals surface area contributed by atoms with Crippen LogP contribution in [-0.2, 0) is 11.3 Å². The summed E-state index contributed by atoms with van der Waals surface area (Å²) in [7, 11) is 0. The highest BCUT2D eigenvalue weighted by molar-refractivity contribution is 6.22. The number of carbonyl (C=O) groups is 3. The number of halogens is 3. The highest BCUT2D eigenvalue weighted by Crippen LogP contribution is 2.34. The lowest BCUT2D eigenvalue weighted by Crippen LogP contribution is -2.43. The van der Waals surface area contributed by atoms with Gasteiger partial charge in [-0.3, -0.25) is 14.6 Å². The van der Waals surface area contributed by atoms with E-state index in [-0.39, 0.29) is 17.9 Å². The molecule has 1 saturated heterocycles. The number of benzene rings is 1. The molecule has 0 saturated carbocycles. The topological polar surface area (TPSA) is 106 Å². The highest BCUT2D eigenvalue weighted by atomic mass is 19.4. The second-order valence-electron chi connectivity index (χ2n) is 7.02. The maximum absolute atomic E-state index is 13.0. The molecule has 1 aliphatic heterocycles. The van der Waals surface area contributed by atoms with Crippen LogP contribution in [-0.4, -0.2) is 39.6 Å². The lowest BCUT2D eigenvalue weighted by molar-refractivity contribution is -0.274. The monoisotopic (exact) mass is 422 g/mol. The Morgan fingerprint density at radius 2 is 1.80 bits per heavy atom. The number of rotatable bonds is 5. The fourth-order valence-corrected chi connectivity index (χ4v) is 3.02. The Kier molecular flexibility index (Phi) is 5.15. The van der Waals surface area contributed by atoms with Crippen LogP contribution in [0.2, 0.25) is 0 Å². The van der Waals surface area contributed by atoms with Crippen LogP contribution in [0.25, 0.3) is 0 Å². The second kappa shape index (κ2) is 7.32. The molecule has 2 aromatic rings. The first-order chi connectivity index (χ1) is 13.9. The van der Waals surface area contributed by atoms with Gasteiger partial charge in [-0.1, -0.05) is 0 Å². The molecule has 30 heavy (non-hydrogen) atoms. The van der Waals surface area contributed by atoms with Crippen molar-refractivity contribution in [3.63, 3.8) is 0 Å². The minimum absolute atomic E-state index is 0.00780. The van der Waals surface area contributed by atoms with Crippen molar-refractivity contribution in [1.82, 2.24) is 9.88 Å². The number of ether oxygens (including phenoxy) is 1. The fraction of sp³-hybridized carbons (Fsp3) is 0.263.